The van der Waals surface area contributed by atoms with Crippen molar-refractivity contribution in [1.82, 2.24) is 0 Å². The average molecular weight is 234 g/mol. The highest BCUT2D eigenvalue weighted by Crippen LogP contribution is 2.05. The van der Waals surface area contributed by atoms with E-state index in [2.05, 4.69) is 6.92 Å². The van der Waals surface area contributed by atoms with Crippen molar-refractivity contribution < 1.29 is 9.84 Å². The topological polar surface area (TPSA) is 29.5 Å². The van der Waals surface area contributed by atoms with Gasteiger partial charge in [0.15, 0.2) is 0 Å². The zero-order valence-corrected chi connectivity index (χ0v) is 10.5. The summed E-state index contributed by atoms with van der Waals surface area (Å²) >= 11 is 0. The van der Waals surface area contributed by atoms with Gasteiger partial charge in [0.2, 0.25) is 0 Å². The number of rotatable bonds is 8. The summed E-state index contributed by atoms with van der Waals surface area (Å²) in [5, 5.41) is 9.61. The van der Waals surface area contributed by atoms with Gasteiger partial charge in [-0.25, -0.2) is 0 Å². The Kier molecular flexibility index (Phi) is 7.15. The summed E-state index contributed by atoms with van der Waals surface area (Å²) in [6.07, 6.45) is 7.19. The van der Waals surface area contributed by atoms with Gasteiger partial charge in [0.1, 0.15) is 6.61 Å². The number of hydrogen-bond donors (Lipinski definition) is 1. The Balaban J connectivity index is 2.13. The van der Waals surface area contributed by atoms with Crippen LogP contribution >= 0.6 is 0 Å². The van der Waals surface area contributed by atoms with Gasteiger partial charge < -0.3 is 9.84 Å². The fourth-order valence-electron chi connectivity index (χ4n) is 1.56. The van der Waals surface area contributed by atoms with Crippen molar-refractivity contribution in [2.75, 3.05) is 0 Å². The quantitative estimate of drug-likeness (QED) is 0.549. The Bertz CT molecular complexity index is 306. The molecule has 0 saturated carbocycles. The van der Waals surface area contributed by atoms with Gasteiger partial charge in [-0.05, 0) is 18.1 Å². The summed E-state index contributed by atoms with van der Waals surface area (Å²) in [5.41, 5.74) is 1.14. The molecule has 2 heteroatoms. The van der Waals surface area contributed by atoms with E-state index < -0.39 is 0 Å². The minimum atomic E-state index is -0.377. The highest BCUT2D eigenvalue weighted by molar-refractivity contribution is 5.13. The molecule has 0 bridgehead atoms. The first kappa shape index (κ1) is 13.8. The van der Waals surface area contributed by atoms with E-state index in [0.29, 0.717) is 6.61 Å². The number of hydrogen-bond acceptors (Lipinski definition) is 2. The van der Waals surface area contributed by atoms with Gasteiger partial charge in [0.25, 0.3) is 0 Å². The van der Waals surface area contributed by atoms with Crippen LogP contribution in [0.15, 0.2) is 42.7 Å². The molecule has 2 nitrogen and oxygen atoms in total. The van der Waals surface area contributed by atoms with E-state index in [1.54, 1.807) is 12.3 Å². The molecule has 1 aromatic rings. The molecular weight excluding hydrogens is 212 g/mol. The molecule has 1 aromatic carbocycles. The summed E-state index contributed by atoms with van der Waals surface area (Å²) in [6, 6.07) is 10.00. The second kappa shape index (κ2) is 8.82. The Labute approximate surface area is 104 Å². The van der Waals surface area contributed by atoms with Crippen LogP contribution in [0.25, 0.3) is 0 Å². The number of benzene rings is 1. The van der Waals surface area contributed by atoms with Gasteiger partial charge in [-0.1, -0.05) is 56.5 Å². The highest BCUT2D eigenvalue weighted by atomic mass is 16.5. The summed E-state index contributed by atoms with van der Waals surface area (Å²) in [6.45, 7) is 2.71. The second-order valence-corrected chi connectivity index (χ2v) is 4.19. The Morgan fingerprint density at radius 3 is 2.71 bits per heavy atom. The van der Waals surface area contributed by atoms with Gasteiger partial charge >= 0.3 is 0 Å². The minimum Gasteiger partial charge on any atom is -0.497 e. The van der Waals surface area contributed by atoms with Crippen molar-refractivity contribution in [2.24, 2.45) is 0 Å². The Morgan fingerprint density at radius 1 is 1.24 bits per heavy atom. The first-order valence-electron chi connectivity index (χ1n) is 6.33. The molecule has 0 radical (unpaired) electrons. The molecule has 17 heavy (non-hydrogen) atoms. The minimum absolute atomic E-state index is 0.377. The molecular formula is C15H22O2. The number of aliphatic hydroxyl groups excluding tert-OH is 1. The van der Waals surface area contributed by atoms with Crippen molar-refractivity contribution in [1.29, 1.82) is 0 Å². The highest BCUT2D eigenvalue weighted by Gasteiger charge is 1.97. The zero-order valence-electron chi connectivity index (χ0n) is 10.5. The van der Waals surface area contributed by atoms with Crippen molar-refractivity contribution in [3.8, 4) is 0 Å². The van der Waals surface area contributed by atoms with Gasteiger partial charge in [0.05, 0.1) is 12.4 Å². The summed E-state index contributed by atoms with van der Waals surface area (Å²) in [4.78, 5) is 0. The molecule has 0 heterocycles. The number of aliphatic hydroxyl groups is 1. The van der Waals surface area contributed by atoms with Crippen LogP contribution in [0.3, 0.4) is 0 Å². The van der Waals surface area contributed by atoms with Gasteiger partial charge in [-0.3, -0.25) is 0 Å². The van der Waals surface area contributed by atoms with Crippen LogP contribution in [0.2, 0.25) is 0 Å². The lowest BCUT2D eigenvalue weighted by Gasteiger charge is -2.05. The van der Waals surface area contributed by atoms with E-state index in [-0.39, 0.29) is 6.10 Å². The predicted molar refractivity (Wildman–Crippen MR) is 70.5 cm³/mol. The molecule has 0 aliphatic carbocycles. The van der Waals surface area contributed by atoms with Gasteiger partial charge in [-0.15, -0.1) is 0 Å². The normalized spacial score (nSPS) is 12.8. The van der Waals surface area contributed by atoms with E-state index in [0.717, 1.165) is 18.4 Å². The SMILES string of the molecule is CCCCCC(O)/C=C/OCc1ccccc1. The lowest BCUT2D eigenvalue weighted by Crippen LogP contribution is -2.01. The number of ether oxygens (including phenoxy) is 1. The molecule has 1 atom stereocenters. The van der Waals surface area contributed by atoms with Crippen LogP contribution in [0.4, 0.5) is 0 Å². The van der Waals surface area contributed by atoms with Crippen molar-refractivity contribution in [2.45, 2.75) is 45.3 Å². The molecule has 0 aliphatic rings. The molecule has 1 rings (SSSR count). The molecule has 0 amide bonds. The largest absolute Gasteiger partial charge is 0.497 e. The third-order valence-corrected chi connectivity index (χ3v) is 2.59. The molecule has 94 valence electrons. The summed E-state index contributed by atoms with van der Waals surface area (Å²) in [5.74, 6) is 0. The van der Waals surface area contributed by atoms with Crippen LogP contribution in [0, 0.1) is 0 Å². The summed E-state index contributed by atoms with van der Waals surface area (Å²) in [7, 11) is 0. The van der Waals surface area contributed by atoms with Crippen molar-refractivity contribution >= 4 is 0 Å². The third kappa shape index (κ3) is 6.80. The van der Waals surface area contributed by atoms with Crippen LogP contribution in [-0.4, -0.2) is 11.2 Å². The molecule has 0 saturated heterocycles. The van der Waals surface area contributed by atoms with E-state index in [1.807, 2.05) is 30.3 Å². The molecule has 1 unspecified atom stereocenters. The molecule has 0 fully saturated rings. The second-order valence-electron chi connectivity index (χ2n) is 4.19. The van der Waals surface area contributed by atoms with Gasteiger partial charge in [0, 0.05) is 0 Å². The Hall–Kier alpha value is -1.28. The van der Waals surface area contributed by atoms with Gasteiger partial charge in [-0.2, -0.15) is 0 Å². The van der Waals surface area contributed by atoms with E-state index in [9.17, 15) is 5.11 Å². The smallest absolute Gasteiger partial charge is 0.112 e. The zero-order chi connectivity index (χ0) is 12.3. The maximum Gasteiger partial charge on any atom is 0.112 e. The average Bonchev–Trinajstić information content (AvgIpc) is 2.36. The predicted octanol–water partition coefficient (Wildman–Crippen LogP) is 3.66. The van der Waals surface area contributed by atoms with Crippen LogP contribution < -0.4 is 0 Å². The standard InChI is InChI=1S/C15H22O2/c1-2-3-5-10-15(16)11-12-17-13-14-8-6-4-7-9-14/h4,6-9,11-12,15-16H,2-3,5,10,13H2,1H3/b12-11+. The van der Waals surface area contributed by atoms with Crippen LogP contribution in [0.5, 0.6) is 0 Å². The fourth-order valence-corrected chi connectivity index (χ4v) is 1.56. The van der Waals surface area contributed by atoms with Crippen molar-refractivity contribution in [3.63, 3.8) is 0 Å². The van der Waals surface area contributed by atoms with Crippen LogP contribution in [-0.2, 0) is 11.3 Å². The Morgan fingerprint density at radius 2 is 2.00 bits per heavy atom. The maximum absolute atomic E-state index is 9.61. The van der Waals surface area contributed by atoms with Crippen molar-refractivity contribution in [3.05, 3.63) is 48.2 Å². The van der Waals surface area contributed by atoms with Crippen LogP contribution in [0.1, 0.15) is 38.2 Å². The first-order valence-corrected chi connectivity index (χ1v) is 6.33. The molecule has 0 aromatic heterocycles. The van der Waals surface area contributed by atoms with E-state index in [4.69, 9.17) is 4.74 Å². The lowest BCUT2D eigenvalue weighted by molar-refractivity contribution is 0.192. The molecule has 1 N–H and O–H groups in total. The molecule has 0 spiro atoms. The molecule has 0 aliphatic heterocycles. The number of unbranched alkanes of at least 4 members (excludes halogenated alkanes) is 2. The maximum atomic E-state index is 9.61. The monoisotopic (exact) mass is 234 g/mol. The van der Waals surface area contributed by atoms with E-state index >= 15 is 0 Å². The van der Waals surface area contributed by atoms with E-state index in [1.165, 1.54) is 12.8 Å². The third-order valence-electron chi connectivity index (χ3n) is 2.59. The fraction of sp³-hybridized carbons (Fsp3) is 0.467. The lowest BCUT2D eigenvalue weighted by atomic mass is 10.1. The first-order chi connectivity index (χ1) is 8.33. The summed E-state index contributed by atoms with van der Waals surface area (Å²) < 4.78 is 5.36.